The third kappa shape index (κ3) is 6.31. The second-order valence-corrected chi connectivity index (χ2v) is 9.43. The van der Waals surface area contributed by atoms with Crippen LogP contribution in [0.3, 0.4) is 0 Å². The molecule has 0 radical (unpaired) electrons. The van der Waals surface area contributed by atoms with Gasteiger partial charge in [0.2, 0.25) is 0 Å². The molecule has 4 aromatic rings. The van der Waals surface area contributed by atoms with Crippen molar-refractivity contribution in [3.63, 3.8) is 0 Å². The first-order valence-corrected chi connectivity index (χ1v) is 12.5. The van der Waals surface area contributed by atoms with Crippen LogP contribution in [0.1, 0.15) is 43.5 Å². The first kappa shape index (κ1) is 30.7. The van der Waals surface area contributed by atoms with Gasteiger partial charge in [0.15, 0.2) is 5.82 Å². The number of anilines is 1. The molecule has 0 spiro atoms. The number of nitriles is 2. The Balaban J connectivity index is 1.74. The number of halogens is 6. The van der Waals surface area contributed by atoms with E-state index in [2.05, 4.69) is 52.1 Å². The first-order chi connectivity index (χ1) is 20.3. The van der Waals surface area contributed by atoms with Gasteiger partial charge in [0.1, 0.15) is 18.8 Å². The lowest BCUT2D eigenvalue weighted by Gasteiger charge is -2.15. The van der Waals surface area contributed by atoms with Crippen LogP contribution in [-0.4, -0.2) is 59.5 Å². The van der Waals surface area contributed by atoms with Crippen molar-refractivity contribution in [3.8, 4) is 18.0 Å². The number of hydrogen-bond acceptors (Lipinski definition) is 9. The molecule has 19 heteroatoms. The van der Waals surface area contributed by atoms with Gasteiger partial charge in [-0.2, -0.15) is 42.4 Å². The van der Waals surface area contributed by atoms with E-state index < -0.39 is 36.3 Å². The van der Waals surface area contributed by atoms with Crippen LogP contribution in [0.15, 0.2) is 41.0 Å². The maximum Gasteiger partial charge on any atom is 0.461 e. The highest BCUT2D eigenvalue weighted by Gasteiger charge is 2.62. The number of hydrogen-bond donors (Lipinski definition) is 2. The molecule has 2 N–H and O–H groups in total. The number of benzene rings is 1. The van der Waals surface area contributed by atoms with Gasteiger partial charge in [0.25, 0.3) is 17.6 Å². The van der Waals surface area contributed by atoms with Gasteiger partial charge in [0, 0.05) is 6.20 Å². The summed E-state index contributed by atoms with van der Waals surface area (Å²) in [7, 11) is 0. The molecule has 1 aromatic carbocycles. The van der Waals surface area contributed by atoms with Gasteiger partial charge in [-0.25, -0.2) is 9.67 Å². The zero-order valence-corrected chi connectivity index (χ0v) is 23.1. The number of aryl methyl sites for hydroxylation is 1. The van der Waals surface area contributed by atoms with Crippen LogP contribution in [0.2, 0.25) is 0 Å². The Morgan fingerprint density at radius 1 is 1.09 bits per heavy atom. The molecule has 0 saturated heterocycles. The molecule has 3 aromatic heterocycles. The van der Waals surface area contributed by atoms with E-state index in [1.807, 2.05) is 6.07 Å². The molecule has 2 amide bonds. The minimum atomic E-state index is -5.95. The topological polar surface area (TPSA) is 180 Å². The Labute approximate surface area is 246 Å². The second-order valence-electron chi connectivity index (χ2n) is 8.58. The van der Waals surface area contributed by atoms with Crippen molar-refractivity contribution in [1.29, 1.82) is 10.5 Å². The van der Waals surface area contributed by atoms with Crippen LogP contribution in [-0.2, 0) is 12.5 Å². The van der Waals surface area contributed by atoms with Gasteiger partial charge in [-0.3, -0.25) is 9.59 Å². The zero-order valence-electron chi connectivity index (χ0n) is 21.5. The summed E-state index contributed by atoms with van der Waals surface area (Å²) in [5.41, 5.74) is 0.0529. The van der Waals surface area contributed by atoms with Crippen molar-refractivity contribution < 1.29 is 31.5 Å². The highest BCUT2D eigenvalue weighted by molar-refractivity contribution is 9.10. The van der Waals surface area contributed by atoms with Gasteiger partial charge < -0.3 is 10.6 Å². The SMILES string of the molecule is Cc1cc(C#N)cc(C(=O)NCC#N)c1NC(=O)c1cc(Cn2nnc(C(F)(F)C(F)(F)F)n2)nn1-c1ncccc1Br. The Morgan fingerprint density at radius 3 is 2.49 bits per heavy atom. The molecule has 13 nitrogen and oxygen atoms in total. The number of carbonyl (C=O) groups is 2. The number of carbonyl (C=O) groups excluding carboxylic acids is 2. The number of rotatable bonds is 8. The maximum absolute atomic E-state index is 13.6. The zero-order chi connectivity index (χ0) is 31.5. The van der Waals surface area contributed by atoms with Crippen molar-refractivity contribution in [3.05, 3.63) is 74.9 Å². The fourth-order valence-electron chi connectivity index (χ4n) is 3.66. The molecule has 0 atom stereocenters. The van der Waals surface area contributed by atoms with Gasteiger partial charge >= 0.3 is 12.1 Å². The number of amides is 2. The first-order valence-electron chi connectivity index (χ1n) is 11.7. The van der Waals surface area contributed by atoms with E-state index in [9.17, 15) is 36.8 Å². The summed E-state index contributed by atoms with van der Waals surface area (Å²) < 4.78 is 66.9. The normalized spacial score (nSPS) is 11.5. The molecular formula is C24H15BrF5N11O2. The van der Waals surface area contributed by atoms with Crippen LogP contribution < -0.4 is 10.6 Å². The Bertz CT molecular complexity index is 1800. The van der Waals surface area contributed by atoms with Crippen LogP contribution in [0.25, 0.3) is 5.82 Å². The van der Waals surface area contributed by atoms with E-state index >= 15 is 0 Å². The quantitative estimate of drug-likeness (QED) is 0.211. The molecule has 0 aliphatic carbocycles. The Kier molecular flexibility index (Phi) is 8.48. The van der Waals surface area contributed by atoms with E-state index in [1.165, 1.54) is 31.3 Å². The standard InChI is InChI=1S/C24H15BrF5N11O2/c1-12-7-13(10-32)8-15(20(42)34-6-4-31)18(12)35-21(43)17-9-14(37-41(17)19-16(25)3-2-5-33-19)11-40-38-22(36-39-40)23(26,27)24(28,29)30/h2-3,5,7-9H,6,11H2,1H3,(H,34,42)(H,35,43). The molecule has 0 saturated carbocycles. The third-order valence-corrected chi connectivity index (χ3v) is 6.22. The average Bonchev–Trinajstić information content (AvgIpc) is 3.60. The monoisotopic (exact) mass is 663 g/mol. The number of pyridine rings is 1. The van der Waals surface area contributed by atoms with Crippen molar-refractivity contribution in [2.24, 2.45) is 0 Å². The van der Waals surface area contributed by atoms with E-state index in [0.29, 0.717) is 14.8 Å². The molecule has 0 aliphatic heterocycles. The van der Waals surface area contributed by atoms with E-state index in [-0.39, 0.29) is 40.6 Å². The van der Waals surface area contributed by atoms with E-state index in [0.717, 1.165) is 4.68 Å². The largest absolute Gasteiger partial charge is 0.461 e. The van der Waals surface area contributed by atoms with E-state index in [4.69, 9.17) is 5.26 Å². The van der Waals surface area contributed by atoms with E-state index in [1.54, 1.807) is 18.2 Å². The third-order valence-electron chi connectivity index (χ3n) is 5.60. The minimum absolute atomic E-state index is 0.00536. The smallest absolute Gasteiger partial charge is 0.339 e. The number of alkyl halides is 5. The highest BCUT2D eigenvalue weighted by atomic mass is 79.9. The minimum Gasteiger partial charge on any atom is -0.339 e. The van der Waals surface area contributed by atoms with Crippen molar-refractivity contribution in [1.82, 2.24) is 40.3 Å². The summed E-state index contributed by atoms with van der Waals surface area (Å²) in [6, 6.07) is 10.6. The molecule has 43 heavy (non-hydrogen) atoms. The number of tetrazole rings is 1. The molecular weight excluding hydrogens is 649 g/mol. The van der Waals surface area contributed by atoms with Crippen LogP contribution in [0.4, 0.5) is 27.6 Å². The highest BCUT2D eigenvalue weighted by Crippen LogP contribution is 2.41. The Morgan fingerprint density at radius 2 is 1.84 bits per heavy atom. The molecule has 3 heterocycles. The summed E-state index contributed by atoms with van der Waals surface area (Å²) in [6.07, 6.45) is -4.57. The van der Waals surface area contributed by atoms with Gasteiger partial charge in [0.05, 0.1) is 39.1 Å². The van der Waals surface area contributed by atoms with Crippen LogP contribution >= 0.6 is 15.9 Å². The molecule has 0 fully saturated rings. The summed E-state index contributed by atoms with van der Waals surface area (Å²) in [4.78, 5) is 30.9. The molecule has 0 bridgehead atoms. The average molecular weight is 664 g/mol. The summed E-state index contributed by atoms with van der Waals surface area (Å²) in [6.45, 7) is 0.607. The predicted octanol–water partition coefficient (Wildman–Crippen LogP) is 3.40. The summed E-state index contributed by atoms with van der Waals surface area (Å²) >= 11 is 3.29. The summed E-state index contributed by atoms with van der Waals surface area (Å²) in [5.74, 6) is -8.73. The Hall–Kier alpha value is -5.30. The van der Waals surface area contributed by atoms with Crippen LogP contribution in [0, 0.1) is 29.6 Å². The van der Waals surface area contributed by atoms with Crippen molar-refractivity contribution >= 4 is 33.4 Å². The van der Waals surface area contributed by atoms with Gasteiger partial charge in [-0.1, -0.05) is 0 Å². The number of nitrogens with zero attached hydrogens (tertiary/aromatic N) is 9. The predicted molar refractivity (Wildman–Crippen MR) is 138 cm³/mol. The fourth-order valence-corrected chi connectivity index (χ4v) is 4.08. The van der Waals surface area contributed by atoms with Crippen molar-refractivity contribution in [2.45, 2.75) is 25.6 Å². The number of nitrogens with one attached hydrogen (secondary N) is 2. The lowest BCUT2D eigenvalue weighted by molar-refractivity contribution is -0.292. The second kappa shape index (κ2) is 11.9. The van der Waals surface area contributed by atoms with Gasteiger partial charge in [-0.15, -0.1) is 10.2 Å². The van der Waals surface area contributed by atoms with Gasteiger partial charge in [-0.05, 0) is 64.0 Å². The summed E-state index contributed by atoms with van der Waals surface area (Å²) in [5, 5.41) is 36.5. The van der Waals surface area contributed by atoms with Crippen LogP contribution in [0.5, 0.6) is 0 Å². The maximum atomic E-state index is 13.6. The molecule has 0 unspecified atom stereocenters. The number of aromatic nitrogens is 7. The lowest BCUT2D eigenvalue weighted by atomic mass is 10.0. The van der Waals surface area contributed by atoms with Crippen molar-refractivity contribution in [2.75, 3.05) is 11.9 Å². The lowest BCUT2D eigenvalue weighted by Crippen LogP contribution is -2.35. The molecule has 0 aliphatic rings. The fraction of sp³-hybridized carbons (Fsp3) is 0.208. The molecule has 220 valence electrons. The molecule has 4 rings (SSSR count).